The van der Waals surface area contributed by atoms with E-state index in [0.717, 1.165) is 54.3 Å². The number of nitrogens with two attached hydrogens (primary N) is 1. The predicted molar refractivity (Wildman–Crippen MR) is 100 cm³/mol. The first-order valence-electron chi connectivity index (χ1n) is 8.55. The number of hydrogen-bond acceptors (Lipinski definition) is 6. The zero-order valence-electron chi connectivity index (χ0n) is 14.6. The van der Waals surface area contributed by atoms with Crippen molar-refractivity contribution < 1.29 is 0 Å². The Hall–Kier alpha value is -2.67. The number of anilines is 3. The average Bonchev–Trinajstić information content (AvgIpc) is 3.05. The number of aromatic amines is 1. The van der Waals surface area contributed by atoms with E-state index in [0.29, 0.717) is 0 Å². The molecule has 0 bridgehead atoms. The van der Waals surface area contributed by atoms with Crippen LogP contribution in [0.25, 0.3) is 11.2 Å². The number of nitrogens with zero attached hydrogens (tertiary/aromatic N) is 5. The first-order valence-corrected chi connectivity index (χ1v) is 8.55. The van der Waals surface area contributed by atoms with E-state index >= 15 is 0 Å². The number of aromatic nitrogens is 4. The Labute approximate surface area is 146 Å². The molecule has 4 heterocycles. The summed E-state index contributed by atoms with van der Waals surface area (Å²) in [6, 6.07) is 3.94. The summed E-state index contributed by atoms with van der Waals surface area (Å²) in [7, 11) is 2.00. The van der Waals surface area contributed by atoms with Gasteiger partial charge in [-0.3, -0.25) is 4.98 Å². The second kappa shape index (κ2) is 6.00. The van der Waals surface area contributed by atoms with Crippen molar-refractivity contribution in [2.75, 3.05) is 29.9 Å². The molecule has 0 atom stereocenters. The van der Waals surface area contributed by atoms with Gasteiger partial charge in [-0.2, -0.15) is 0 Å². The van der Waals surface area contributed by atoms with Gasteiger partial charge in [0.25, 0.3) is 0 Å². The van der Waals surface area contributed by atoms with Crippen LogP contribution in [0.4, 0.5) is 17.2 Å². The quantitative estimate of drug-likeness (QED) is 0.763. The molecule has 0 aromatic carbocycles. The van der Waals surface area contributed by atoms with Gasteiger partial charge in [-0.25, -0.2) is 9.97 Å². The first kappa shape index (κ1) is 15.8. The second-order valence-electron chi connectivity index (χ2n) is 7.01. The zero-order chi connectivity index (χ0) is 17.4. The van der Waals surface area contributed by atoms with E-state index in [1.807, 2.05) is 37.8 Å². The van der Waals surface area contributed by atoms with Crippen molar-refractivity contribution in [2.45, 2.75) is 25.3 Å². The fourth-order valence-electron chi connectivity index (χ4n) is 3.22. The van der Waals surface area contributed by atoms with Gasteiger partial charge in [0.15, 0.2) is 5.65 Å². The van der Waals surface area contributed by atoms with E-state index in [9.17, 15) is 0 Å². The lowest BCUT2D eigenvalue weighted by molar-refractivity contribution is 0.363. The van der Waals surface area contributed by atoms with Crippen LogP contribution in [-0.2, 0) is 0 Å². The lowest BCUT2D eigenvalue weighted by atomic mass is 9.91. The molecule has 0 spiro atoms. The molecule has 1 saturated heterocycles. The van der Waals surface area contributed by atoms with E-state index in [4.69, 9.17) is 10.7 Å². The Bertz CT molecular complexity index is 862. The van der Waals surface area contributed by atoms with Crippen LogP contribution in [0.1, 0.15) is 19.8 Å². The van der Waals surface area contributed by atoms with Crippen molar-refractivity contribution in [3.63, 3.8) is 0 Å². The van der Waals surface area contributed by atoms with E-state index in [-0.39, 0.29) is 5.54 Å². The molecular formula is C18H23N7. The number of rotatable bonds is 3. The van der Waals surface area contributed by atoms with Gasteiger partial charge in [0.05, 0.1) is 23.8 Å². The van der Waals surface area contributed by atoms with Crippen LogP contribution in [0, 0.1) is 0 Å². The van der Waals surface area contributed by atoms with E-state index in [1.54, 1.807) is 6.20 Å². The molecule has 130 valence electrons. The van der Waals surface area contributed by atoms with Crippen molar-refractivity contribution >= 4 is 28.4 Å². The van der Waals surface area contributed by atoms with Crippen molar-refractivity contribution in [1.82, 2.24) is 19.9 Å². The van der Waals surface area contributed by atoms with Gasteiger partial charge in [0, 0.05) is 38.1 Å². The predicted octanol–water partition coefficient (Wildman–Crippen LogP) is 2.44. The van der Waals surface area contributed by atoms with Gasteiger partial charge >= 0.3 is 0 Å². The van der Waals surface area contributed by atoms with Crippen molar-refractivity contribution in [3.05, 3.63) is 36.9 Å². The summed E-state index contributed by atoms with van der Waals surface area (Å²) < 4.78 is 0. The molecule has 4 rings (SSSR count). The molecule has 0 aliphatic carbocycles. The number of hydrogen-bond donors (Lipinski definition) is 2. The third-order valence-electron chi connectivity index (χ3n) is 4.97. The highest BCUT2D eigenvalue weighted by atomic mass is 15.2. The van der Waals surface area contributed by atoms with Crippen molar-refractivity contribution in [1.29, 1.82) is 0 Å². The molecule has 7 nitrogen and oxygen atoms in total. The summed E-state index contributed by atoms with van der Waals surface area (Å²) in [5.74, 6) is 0.903. The highest BCUT2D eigenvalue weighted by molar-refractivity contribution is 5.89. The van der Waals surface area contributed by atoms with Crippen LogP contribution >= 0.6 is 0 Å². The number of H-pyrrole nitrogens is 1. The highest BCUT2D eigenvalue weighted by Gasteiger charge is 2.27. The van der Waals surface area contributed by atoms with Gasteiger partial charge in [0.2, 0.25) is 0 Å². The molecule has 1 aliphatic rings. The molecule has 1 fully saturated rings. The Morgan fingerprint density at radius 1 is 1.28 bits per heavy atom. The molecule has 3 aromatic heterocycles. The van der Waals surface area contributed by atoms with Crippen LogP contribution in [-0.4, -0.2) is 45.6 Å². The van der Waals surface area contributed by atoms with Gasteiger partial charge in [-0.05, 0) is 31.9 Å². The van der Waals surface area contributed by atoms with E-state index in [2.05, 4.69) is 31.7 Å². The van der Waals surface area contributed by atoms with Gasteiger partial charge in [-0.1, -0.05) is 0 Å². The summed E-state index contributed by atoms with van der Waals surface area (Å²) in [6.45, 7) is 3.94. The normalized spacial score (nSPS) is 17.0. The molecule has 3 N–H and O–H groups in total. The second-order valence-corrected chi connectivity index (χ2v) is 7.01. The molecule has 0 radical (unpaired) electrons. The minimum absolute atomic E-state index is 0.0694. The highest BCUT2D eigenvalue weighted by Crippen LogP contribution is 2.30. The third-order valence-corrected chi connectivity index (χ3v) is 4.97. The van der Waals surface area contributed by atoms with Crippen molar-refractivity contribution in [2.24, 2.45) is 5.73 Å². The van der Waals surface area contributed by atoms with Crippen LogP contribution in [0.15, 0.2) is 36.9 Å². The number of nitrogens with one attached hydrogen (secondary N) is 1. The maximum Gasteiger partial charge on any atom is 0.160 e. The monoisotopic (exact) mass is 337 g/mol. The van der Waals surface area contributed by atoms with Crippen LogP contribution in [0.5, 0.6) is 0 Å². The SMILES string of the molecule is CN(c1cccnc1)c1c[nH]c2nc(N3CCC(C)(N)CC3)cnc12. The maximum absolute atomic E-state index is 6.22. The lowest BCUT2D eigenvalue weighted by Gasteiger charge is -2.37. The molecule has 0 unspecified atom stereocenters. The Balaban J connectivity index is 1.61. The molecule has 0 amide bonds. The fraction of sp³-hybridized carbons (Fsp3) is 0.389. The van der Waals surface area contributed by atoms with Gasteiger partial charge in [-0.15, -0.1) is 0 Å². The summed E-state index contributed by atoms with van der Waals surface area (Å²) in [6.07, 6.45) is 9.32. The number of piperidine rings is 1. The molecule has 3 aromatic rings. The molecule has 25 heavy (non-hydrogen) atoms. The summed E-state index contributed by atoms with van der Waals surface area (Å²) in [5, 5.41) is 0. The molecule has 0 saturated carbocycles. The van der Waals surface area contributed by atoms with Crippen LogP contribution in [0.3, 0.4) is 0 Å². The standard InChI is InChI=1S/C18H23N7/c1-18(19)5-8-25(9-6-18)15-12-21-16-14(11-22-17(16)23-15)24(2)13-4-3-7-20-10-13/h3-4,7,10-12H,5-6,8-9,19H2,1-2H3,(H,22,23). The summed E-state index contributed by atoms with van der Waals surface area (Å²) >= 11 is 0. The molecular weight excluding hydrogens is 314 g/mol. The number of fused-ring (bicyclic) bond motifs is 1. The largest absolute Gasteiger partial charge is 0.355 e. The summed E-state index contributed by atoms with van der Waals surface area (Å²) in [4.78, 5) is 21.2. The third kappa shape index (κ3) is 3.02. The molecule has 1 aliphatic heterocycles. The maximum atomic E-state index is 6.22. The van der Waals surface area contributed by atoms with E-state index < -0.39 is 0 Å². The van der Waals surface area contributed by atoms with Crippen LogP contribution in [0.2, 0.25) is 0 Å². The van der Waals surface area contributed by atoms with Crippen LogP contribution < -0.4 is 15.5 Å². The minimum Gasteiger partial charge on any atom is -0.355 e. The fourth-order valence-corrected chi connectivity index (χ4v) is 3.22. The van der Waals surface area contributed by atoms with Gasteiger partial charge in [0.1, 0.15) is 11.3 Å². The smallest absolute Gasteiger partial charge is 0.160 e. The van der Waals surface area contributed by atoms with Gasteiger partial charge < -0.3 is 20.5 Å². The Morgan fingerprint density at radius 2 is 2.08 bits per heavy atom. The summed E-state index contributed by atoms with van der Waals surface area (Å²) in [5.41, 5.74) is 9.79. The van der Waals surface area contributed by atoms with Crippen molar-refractivity contribution in [3.8, 4) is 0 Å². The average molecular weight is 337 g/mol. The minimum atomic E-state index is -0.0694. The Kier molecular flexibility index (Phi) is 3.80. The molecule has 7 heteroatoms. The number of pyridine rings is 1. The first-order chi connectivity index (χ1) is 12.0. The Morgan fingerprint density at radius 3 is 2.80 bits per heavy atom. The lowest BCUT2D eigenvalue weighted by Crippen LogP contribution is -2.48. The van der Waals surface area contributed by atoms with E-state index in [1.165, 1.54) is 0 Å². The topological polar surface area (TPSA) is 87.0 Å². The zero-order valence-corrected chi connectivity index (χ0v) is 14.6.